The molecule has 1 aromatic rings. The van der Waals surface area contributed by atoms with Crippen molar-refractivity contribution in [1.29, 1.82) is 0 Å². The summed E-state index contributed by atoms with van der Waals surface area (Å²) in [7, 11) is 3.94. The lowest BCUT2D eigenvalue weighted by Gasteiger charge is -2.21. The van der Waals surface area contributed by atoms with Crippen molar-refractivity contribution in [1.82, 2.24) is 10.2 Å². The number of nitrogens with one attached hydrogen (secondary N) is 1. The van der Waals surface area contributed by atoms with E-state index in [0.29, 0.717) is 23.0 Å². The van der Waals surface area contributed by atoms with Crippen LogP contribution >= 0.6 is 11.6 Å². The molecule has 0 bridgehead atoms. The van der Waals surface area contributed by atoms with Crippen molar-refractivity contribution in [2.45, 2.75) is 13.5 Å². The van der Waals surface area contributed by atoms with Gasteiger partial charge in [-0.2, -0.15) is 0 Å². The fraction of sp³-hybridized carbons (Fsp3) is 0.538. The Morgan fingerprint density at radius 2 is 2.18 bits per heavy atom. The van der Waals surface area contributed by atoms with Crippen LogP contribution in [0, 0.1) is 11.7 Å². The fourth-order valence-corrected chi connectivity index (χ4v) is 2.11. The Balaban J connectivity index is 2.52. The Kier molecular flexibility index (Phi) is 5.89. The van der Waals surface area contributed by atoms with Gasteiger partial charge in [0.1, 0.15) is 5.82 Å². The van der Waals surface area contributed by atoms with Crippen LogP contribution in [0.4, 0.5) is 4.39 Å². The van der Waals surface area contributed by atoms with Gasteiger partial charge in [0.2, 0.25) is 0 Å². The lowest BCUT2D eigenvalue weighted by molar-refractivity contribution is 0.273. The first kappa shape index (κ1) is 14.4. The molecule has 0 aliphatic carbocycles. The van der Waals surface area contributed by atoms with Crippen LogP contribution in [0.25, 0.3) is 0 Å². The highest BCUT2D eigenvalue weighted by molar-refractivity contribution is 6.30. The third kappa shape index (κ3) is 5.02. The van der Waals surface area contributed by atoms with E-state index in [1.807, 2.05) is 14.1 Å². The predicted molar refractivity (Wildman–Crippen MR) is 70.8 cm³/mol. The molecule has 0 radical (unpaired) electrons. The highest BCUT2D eigenvalue weighted by atomic mass is 35.5. The van der Waals surface area contributed by atoms with Gasteiger partial charge >= 0.3 is 0 Å². The van der Waals surface area contributed by atoms with Crippen LogP contribution in [-0.4, -0.2) is 32.1 Å². The Labute approximate surface area is 108 Å². The van der Waals surface area contributed by atoms with Crippen LogP contribution in [0.3, 0.4) is 0 Å². The molecule has 0 spiro atoms. The summed E-state index contributed by atoms with van der Waals surface area (Å²) in [4.78, 5) is 2.12. The molecule has 0 aliphatic rings. The summed E-state index contributed by atoms with van der Waals surface area (Å²) in [6.45, 7) is 4.68. The van der Waals surface area contributed by atoms with E-state index in [1.54, 1.807) is 12.1 Å². The van der Waals surface area contributed by atoms with Crippen LogP contribution in [0.15, 0.2) is 18.2 Å². The molecule has 96 valence electrons. The summed E-state index contributed by atoms with van der Waals surface area (Å²) in [6, 6.07) is 4.84. The van der Waals surface area contributed by atoms with E-state index in [-0.39, 0.29) is 5.82 Å². The van der Waals surface area contributed by atoms with E-state index in [9.17, 15) is 4.39 Å². The van der Waals surface area contributed by atoms with Gasteiger partial charge in [-0.1, -0.05) is 24.6 Å². The zero-order valence-electron chi connectivity index (χ0n) is 10.6. The minimum absolute atomic E-state index is 0.231. The number of halogens is 2. The lowest BCUT2D eigenvalue weighted by Crippen LogP contribution is -2.29. The molecule has 17 heavy (non-hydrogen) atoms. The number of benzene rings is 1. The Bertz CT molecular complexity index is 357. The minimum atomic E-state index is -0.231. The molecule has 2 nitrogen and oxygen atoms in total. The van der Waals surface area contributed by atoms with Gasteiger partial charge in [-0.05, 0) is 38.7 Å². The molecule has 1 atom stereocenters. The van der Waals surface area contributed by atoms with Crippen molar-refractivity contribution < 1.29 is 4.39 Å². The van der Waals surface area contributed by atoms with Gasteiger partial charge in [-0.15, -0.1) is 0 Å². The normalized spacial score (nSPS) is 13.1. The molecule has 0 saturated heterocycles. The Morgan fingerprint density at radius 3 is 2.76 bits per heavy atom. The molecule has 0 heterocycles. The van der Waals surface area contributed by atoms with E-state index < -0.39 is 0 Å². The smallest absolute Gasteiger partial charge is 0.129 e. The van der Waals surface area contributed by atoms with Crippen LogP contribution in [0.5, 0.6) is 0 Å². The molecule has 1 N–H and O–H groups in total. The quantitative estimate of drug-likeness (QED) is 0.844. The summed E-state index contributed by atoms with van der Waals surface area (Å²) in [5.41, 5.74) is 0.688. The zero-order valence-corrected chi connectivity index (χ0v) is 11.4. The molecule has 1 unspecified atom stereocenters. The third-order valence-electron chi connectivity index (χ3n) is 2.63. The van der Waals surface area contributed by atoms with Gasteiger partial charge in [0, 0.05) is 23.7 Å². The molecule has 0 saturated carbocycles. The van der Waals surface area contributed by atoms with Gasteiger partial charge < -0.3 is 10.2 Å². The summed E-state index contributed by atoms with van der Waals surface area (Å²) in [6.07, 6.45) is 0. The molecule has 0 aromatic heterocycles. The largest absolute Gasteiger partial charge is 0.319 e. The average molecular weight is 259 g/mol. The maximum absolute atomic E-state index is 13.6. The maximum atomic E-state index is 13.6. The summed E-state index contributed by atoms with van der Waals surface area (Å²) in [5.74, 6) is 0.311. The Morgan fingerprint density at radius 1 is 1.47 bits per heavy atom. The summed E-state index contributed by atoms with van der Waals surface area (Å²) >= 11 is 5.72. The van der Waals surface area contributed by atoms with Crippen molar-refractivity contribution in [2.75, 3.05) is 27.2 Å². The van der Waals surface area contributed by atoms with Crippen LogP contribution in [0.2, 0.25) is 5.02 Å². The predicted octanol–water partition coefficient (Wildman–Crippen LogP) is 2.77. The Hall–Kier alpha value is -0.640. The first-order chi connectivity index (χ1) is 8.02. The highest BCUT2D eigenvalue weighted by Crippen LogP contribution is 2.16. The first-order valence-corrected chi connectivity index (χ1v) is 6.17. The maximum Gasteiger partial charge on any atom is 0.129 e. The second kappa shape index (κ2) is 6.94. The zero-order chi connectivity index (χ0) is 12.8. The molecule has 0 fully saturated rings. The van der Waals surface area contributed by atoms with Crippen molar-refractivity contribution in [3.63, 3.8) is 0 Å². The van der Waals surface area contributed by atoms with Crippen molar-refractivity contribution in [2.24, 2.45) is 5.92 Å². The average Bonchev–Trinajstić information content (AvgIpc) is 2.22. The van der Waals surface area contributed by atoms with E-state index in [2.05, 4.69) is 17.1 Å². The summed E-state index contributed by atoms with van der Waals surface area (Å²) in [5, 5.41) is 3.58. The van der Waals surface area contributed by atoms with Crippen molar-refractivity contribution in [3.8, 4) is 0 Å². The van der Waals surface area contributed by atoms with Gasteiger partial charge in [0.25, 0.3) is 0 Å². The summed E-state index contributed by atoms with van der Waals surface area (Å²) < 4.78 is 13.6. The lowest BCUT2D eigenvalue weighted by atomic mass is 10.1. The molecular weight excluding hydrogens is 239 g/mol. The minimum Gasteiger partial charge on any atom is -0.319 e. The monoisotopic (exact) mass is 258 g/mol. The highest BCUT2D eigenvalue weighted by Gasteiger charge is 2.09. The second-order valence-corrected chi connectivity index (χ2v) is 5.03. The fourth-order valence-electron chi connectivity index (χ4n) is 1.95. The van der Waals surface area contributed by atoms with Crippen LogP contribution in [0.1, 0.15) is 12.5 Å². The van der Waals surface area contributed by atoms with Crippen molar-refractivity contribution >= 4 is 11.6 Å². The topological polar surface area (TPSA) is 15.3 Å². The van der Waals surface area contributed by atoms with E-state index in [1.165, 1.54) is 6.07 Å². The van der Waals surface area contributed by atoms with Crippen molar-refractivity contribution in [3.05, 3.63) is 34.6 Å². The number of hydrogen-bond acceptors (Lipinski definition) is 2. The SMILES string of the molecule is CNCC(C)CN(C)Cc1ccc(Cl)cc1F. The van der Waals surface area contributed by atoms with Gasteiger partial charge in [0.15, 0.2) is 0 Å². The third-order valence-corrected chi connectivity index (χ3v) is 2.87. The number of nitrogens with zero attached hydrogens (tertiary/aromatic N) is 1. The first-order valence-electron chi connectivity index (χ1n) is 5.80. The number of hydrogen-bond donors (Lipinski definition) is 1. The molecule has 1 aromatic carbocycles. The number of rotatable bonds is 6. The molecule has 1 rings (SSSR count). The molecule has 0 amide bonds. The van der Waals surface area contributed by atoms with E-state index >= 15 is 0 Å². The van der Waals surface area contributed by atoms with E-state index in [4.69, 9.17) is 11.6 Å². The standard InChI is InChI=1S/C13H20ClFN2/c1-10(7-16-2)8-17(3)9-11-4-5-12(14)6-13(11)15/h4-6,10,16H,7-9H2,1-3H3. The second-order valence-electron chi connectivity index (χ2n) is 4.60. The van der Waals surface area contributed by atoms with Gasteiger partial charge in [-0.3, -0.25) is 0 Å². The van der Waals surface area contributed by atoms with Gasteiger partial charge in [-0.25, -0.2) is 4.39 Å². The van der Waals surface area contributed by atoms with Gasteiger partial charge in [0.05, 0.1) is 0 Å². The van der Waals surface area contributed by atoms with E-state index in [0.717, 1.165) is 13.1 Å². The molecule has 0 aliphatic heterocycles. The van der Waals surface area contributed by atoms with Crippen LogP contribution < -0.4 is 5.32 Å². The molecule has 4 heteroatoms. The van der Waals surface area contributed by atoms with Crippen LogP contribution in [-0.2, 0) is 6.54 Å². The molecular formula is C13H20ClFN2.